The number of nitrogens with zero attached hydrogens (tertiary/aromatic N) is 4. The number of aryl methyl sites for hydroxylation is 2. The Morgan fingerprint density at radius 3 is 2.31 bits per heavy atom. The van der Waals surface area contributed by atoms with Crippen LogP contribution >= 0.6 is 0 Å². The molecule has 1 aliphatic heterocycles. The number of carbonyl (C=O) groups excluding carboxylic acids is 1. The van der Waals surface area contributed by atoms with E-state index in [-0.39, 0.29) is 6.03 Å². The Morgan fingerprint density at radius 2 is 1.69 bits per heavy atom. The second kappa shape index (κ2) is 8.65. The summed E-state index contributed by atoms with van der Waals surface area (Å²) in [6.07, 6.45) is 3.54. The van der Waals surface area contributed by atoms with Crippen molar-refractivity contribution in [3.8, 4) is 11.4 Å². The van der Waals surface area contributed by atoms with Gasteiger partial charge in [0.05, 0.1) is 0 Å². The number of piperazine rings is 1. The van der Waals surface area contributed by atoms with E-state index in [1.54, 1.807) is 0 Å². The lowest BCUT2D eigenvalue weighted by Gasteiger charge is -2.36. The Morgan fingerprint density at radius 1 is 1.00 bits per heavy atom. The lowest BCUT2D eigenvalue weighted by Crippen LogP contribution is -2.50. The number of anilines is 2. The highest BCUT2D eigenvalue weighted by molar-refractivity contribution is 5.89. The Bertz CT molecular complexity index is 1080. The van der Waals surface area contributed by atoms with Crippen molar-refractivity contribution in [2.45, 2.75) is 39.0 Å². The van der Waals surface area contributed by atoms with Crippen molar-refractivity contribution >= 4 is 17.4 Å². The second-order valence-electron chi connectivity index (χ2n) is 8.91. The molecule has 166 valence electrons. The van der Waals surface area contributed by atoms with Gasteiger partial charge in [-0.2, -0.15) is 4.98 Å². The molecule has 1 aliphatic carbocycles. The molecular weight excluding hydrogens is 402 g/mol. The van der Waals surface area contributed by atoms with Crippen LogP contribution in [-0.2, 0) is 0 Å². The average molecular weight is 432 g/mol. The molecule has 2 amide bonds. The standard InChI is InChI=1S/C25H29N5O2/c1-17-14-18(2)16-21(15-17)26-25(31)30-12-10-29(11-13-30)22-8-6-19(7-9-22)23-27-24(32-28-23)20-4-3-5-20/h6-9,14-16,20H,3-5,10-13H2,1-2H3,(H,26,31). The molecule has 2 aromatic carbocycles. The van der Waals surface area contributed by atoms with Gasteiger partial charge in [-0.3, -0.25) is 0 Å². The van der Waals surface area contributed by atoms with Crippen LogP contribution < -0.4 is 10.2 Å². The molecule has 7 heteroatoms. The van der Waals surface area contributed by atoms with Gasteiger partial charge in [-0.05, 0) is 74.2 Å². The van der Waals surface area contributed by atoms with E-state index in [1.807, 2.05) is 43.0 Å². The van der Waals surface area contributed by atoms with E-state index in [9.17, 15) is 4.79 Å². The van der Waals surface area contributed by atoms with Gasteiger partial charge in [0, 0.05) is 49.0 Å². The van der Waals surface area contributed by atoms with Gasteiger partial charge >= 0.3 is 6.03 Å². The number of benzene rings is 2. The molecule has 1 saturated heterocycles. The maximum absolute atomic E-state index is 12.7. The van der Waals surface area contributed by atoms with E-state index >= 15 is 0 Å². The smallest absolute Gasteiger partial charge is 0.321 e. The molecule has 0 unspecified atom stereocenters. The largest absolute Gasteiger partial charge is 0.368 e. The number of nitrogens with one attached hydrogen (secondary N) is 1. The highest BCUT2D eigenvalue weighted by Crippen LogP contribution is 2.36. The number of aromatic nitrogens is 2. The van der Waals surface area contributed by atoms with E-state index in [1.165, 1.54) is 6.42 Å². The number of urea groups is 1. The second-order valence-corrected chi connectivity index (χ2v) is 8.91. The predicted octanol–water partition coefficient (Wildman–Crippen LogP) is 4.98. The van der Waals surface area contributed by atoms with Gasteiger partial charge in [0.1, 0.15) is 0 Å². The number of rotatable bonds is 4. The molecule has 2 fully saturated rings. The normalized spacial score (nSPS) is 16.7. The van der Waals surface area contributed by atoms with Crippen LogP contribution in [0.1, 0.15) is 42.2 Å². The van der Waals surface area contributed by atoms with Crippen molar-refractivity contribution in [2.24, 2.45) is 0 Å². The zero-order valence-corrected chi connectivity index (χ0v) is 18.7. The average Bonchev–Trinajstić information content (AvgIpc) is 3.21. The lowest BCUT2D eigenvalue weighted by molar-refractivity contribution is 0.208. The molecule has 0 bridgehead atoms. The molecule has 32 heavy (non-hydrogen) atoms. The summed E-state index contributed by atoms with van der Waals surface area (Å²) < 4.78 is 5.44. The minimum Gasteiger partial charge on any atom is -0.368 e. The third-order valence-electron chi connectivity index (χ3n) is 6.43. The highest BCUT2D eigenvalue weighted by Gasteiger charge is 2.26. The molecule has 2 aliphatic rings. The van der Waals surface area contributed by atoms with Gasteiger partial charge in [0.15, 0.2) is 0 Å². The number of amides is 2. The number of hydrogen-bond acceptors (Lipinski definition) is 5. The van der Waals surface area contributed by atoms with Crippen molar-refractivity contribution in [3.05, 3.63) is 59.5 Å². The molecule has 1 aromatic heterocycles. The predicted molar refractivity (Wildman–Crippen MR) is 125 cm³/mol. The fraction of sp³-hybridized carbons (Fsp3) is 0.400. The maximum atomic E-state index is 12.7. The van der Waals surface area contributed by atoms with Gasteiger partial charge < -0.3 is 19.6 Å². The number of carbonyl (C=O) groups is 1. The van der Waals surface area contributed by atoms with Crippen molar-refractivity contribution < 1.29 is 9.32 Å². The van der Waals surface area contributed by atoms with Crippen LogP contribution in [0.5, 0.6) is 0 Å². The summed E-state index contributed by atoms with van der Waals surface area (Å²) in [7, 11) is 0. The van der Waals surface area contributed by atoms with E-state index < -0.39 is 0 Å². The fourth-order valence-electron chi connectivity index (χ4n) is 4.41. The summed E-state index contributed by atoms with van der Waals surface area (Å²) in [5.74, 6) is 1.87. The first kappa shape index (κ1) is 20.5. The Hall–Kier alpha value is -3.35. The Labute approximate surface area is 188 Å². The Kier molecular flexibility index (Phi) is 5.55. The van der Waals surface area contributed by atoms with E-state index in [0.29, 0.717) is 24.8 Å². The van der Waals surface area contributed by atoms with Gasteiger partial charge in [-0.1, -0.05) is 17.6 Å². The summed E-state index contributed by atoms with van der Waals surface area (Å²) in [5.41, 5.74) is 5.26. The number of hydrogen-bond donors (Lipinski definition) is 1. The van der Waals surface area contributed by atoms with Crippen LogP contribution in [0.4, 0.5) is 16.2 Å². The van der Waals surface area contributed by atoms with Crippen LogP contribution in [0, 0.1) is 13.8 Å². The first-order valence-electron chi connectivity index (χ1n) is 11.4. The van der Waals surface area contributed by atoms with Crippen molar-refractivity contribution in [3.63, 3.8) is 0 Å². The van der Waals surface area contributed by atoms with Crippen LogP contribution in [-0.4, -0.2) is 47.3 Å². The van der Waals surface area contributed by atoms with Gasteiger partial charge in [-0.15, -0.1) is 0 Å². The third-order valence-corrected chi connectivity index (χ3v) is 6.43. The lowest BCUT2D eigenvalue weighted by atomic mass is 9.85. The van der Waals surface area contributed by atoms with E-state index in [0.717, 1.165) is 59.9 Å². The summed E-state index contributed by atoms with van der Waals surface area (Å²) >= 11 is 0. The van der Waals surface area contributed by atoms with Crippen LogP contribution in [0.3, 0.4) is 0 Å². The highest BCUT2D eigenvalue weighted by atomic mass is 16.5. The molecule has 3 aromatic rings. The minimum atomic E-state index is -0.0376. The van der Waals surface area contributed by atoms with Crippen LogP contribution in [0.25, 0.3) is 11.4 Å². The summed E-state index contributed by atoms with van der Waals surface area (Å²) in [4.78, 5) is 21.4. The quantitative estimate of drug-likeness (QED) is 0.631. The summed E-state index contributed by atoms with van der Waals surface area (Å²) in [5, 5.41) is 7.19. The molecule has 0 radical (unpaired) electrons. The Balaban J connectivity index is 1.17. The molecule has 7 nitrogen and oxygen atoms in total. The van der Waals surface area contributed by atoms with E-state index in [2.05, 4.69) is 38.6 Å². The first-order valence-corrected chi connectivity index (χ1v) is 11.4. The molecule has 0 atom stereocenters. The zero-order valence-electron chi connectivity index (χ0n) is 18.7. The van der Waals surface area contributed by atoms with Crippen molar-refractivity contribution in [1.82, 2.24) is 15.0 Å². The monoisotopic (exact) mass is 431 g/mol. The van der Waals surface area contributed by atoms with Crippen LogP contribution in [0.15, 0.2) is 47.0 Å². The van der Waals surface area contributed by atoms with Gasteiger partial charge in [0.2, 0.25) is 11.7 Å². The zero-order chi connectivity index (χ0) is 22.1. The van der Waals surface area contributed by atoms with Crippen molar-refractivity contribution in [2.75, 3.05) is 36.4 Å². The van der Waals surface area contributed by atoms with Crippen molar-refractivity contribution in [1.29, 1.82) is 0 Å². The van der Waals surface area contributed by atoms with Gasteiger partial charge in [0.25, 0.3) is 0 Å². The minimum absolute atomic E-state index is 0.0376. The molecule has 2 heterocycles. The first-order chi connectivity index (χ1) is 15.5. The van der Waals surface area contributed by atoms with Gasteiger partial charge in [-0.25, -0.2) is 4.79 Å². The summed E-state index contributed by atoms with van der Waals surface area (Å²) in [6, 6.07) is 14.4. The SMILES string of the molecule is Cc1cc(C)cc(NC(=O)N2CCN(c3ccc(-c4noc(C5CCC5)n4)cc3)CC2)c1. The topological polar surface area (TPSA) is 74.5 Å². The van der Waals surface area contributed by atoms with Crippen LogP contribution in [0.2, 0.25) is 0 Å². The van der Waals surface area contributed by atoms with E-state index in [4.69, 9.17) is 4.52 Å². The maximum Gasteiger partial charge on any atom is 0.321 e. The molecular formula is C25H29N5O2. The fourth-order valence-corrected chi connectivity index (χ4v) is 4.41. The molecule has 1 saturated carbocycles. The molecule has 1 N–H and O–H groups in total. The molecule has 0 spiro atoms. The third kappa shape index (κ3) is 4.33. The summed E-state index contributed by atoms with van der Waals surface area (Å²) in [6.45, 7) is 7.06. The molecule has 5 rings (SSSR count).